The molecule has 0 unspecified atom stereocenters. The summed E-state index contributed by atoms with van der Waals surface area (Å²) in [6, 6.07) is 35.1. The van der Waals surface area contributed by atoms with Gasteiger partial charge in [0, 0.05) is 16.7 Å². The van der Waals surface area contributed by atoms with E-state index >= 15 is 0 Å². The molecule has 1 aromatic heterocycles. The minimum absolute atomic E-state index is 0.303. The molecule has 0 saturated carbocycles. The van der Waals surface area contributed by atoms with E-state index < -0.39 is 11.6 Å². The van der Waals surface area contributed by atoms with Gasteiger partial charge in [-0.2, -0.15) is 0 Å². The first-order valence-electron chi connectivity index (χ1n) is 11.6. The van der Waals surface area contributed by atoms with Crippen molar-refractivity contribution in [2.75, 3.05) is 0 Å². The highest BCUT2D eigenvalue weighted by Gasteiger charge is 2.29. The van der Waals surface area contributed by atoms with Crippen molar-refractivity contribution in [2.45, 2.75) is 13.8 Å². The molecular formula is C32H25NO2. The molecule has 0 saturated heterocycles. The normalized spacial score (nSPS) is 10.8. The first-order chi connectivity index (χ1) is 17.0. The first kappa shape index (κ1) is 22.3. The molecule has 5 rings (SSSR count). The summed E-state index contributed by atoms with van der Waals surface area (Å²) in [6.07, 6.45) is 0. The van der Waals surface area contributed by atoms with E-state index in [1.165, 1.54) is 0 Å². The van der Waals surface area contributed by atoms with Gasteiger partial charge in [0.25, 0.3) is 0 Å². The van der Waals surface area contributed by atoms with Crippen molar-refractivity contribution in [3.63, 3.8) is 0 Å². The lowest BCUT2D eigenvalue weighted by Gasteiger charge is -2.10. The highest BCUT2D eigenvalue weighted by atomic mass is 16.2. The van der Waals surface area contributed by atoms with Crippen LogP contribution < -0.4 is 0 Å². The van der Waals surface area contributed by atoms with Gasteiger partial charge in [-0.25, -0.2) is 0 Å². The molecule has 35 heavy (non-hydrogen) atoms. The van der Waals surface area contributed by atoms with E-state index in [0.717, 1.165) is 44.6 Å². The third-order valence-corrected chi connectivity index (χ3v) is 6.21. The summed E-state index contributed by atoms with van der Waals surface area (Å²) in [7, 11) is 0. The van der Waals surface area contributed by atoms with E-state index in [1.54, 1.807) is 12.1 Å². The zero-order valence-electron chi connectivity index (χ0n) is 19.7. The molecule has 1 N–H and O–H groups in total. The average Bonchev–Trinajstić information content (AvgIpc) is 3.30. The topological polar surface area (TPSA) is 49.9 Å². The standard InChI is InChI=1S/C32H25NO2/c1-21-13-17-24(18-14-21)28-27(23-9-5-3-6-10-23)29(25-11-7-4-8-12-25)33-30(28)32(35)31(34)26-19-15-22(2)16-20-26/h3-20,33H,1-2H3. The number of nitrogens with one attached hydrogen (secondary N) is 1. The molecule has 0 bridgehead atoms. The van der Waals surface area contributed by atoms with E-state index in [9.17, 15) is 9.59 Å². The second-order valence-electron chi connectivity index (χ2n) is 8.75. The first-order valence-corrected chi connectivity index (χ1v) is 11.6. The van der Waals surface area contributed by atoms with Gasteiger partial charge in [-0.05, 0) is 30.5 Å². The van der Waals surface area contributed by atoms with Gasteiger partial charge in [0.15, 0.2) is 0 Å². The Morgan fingerprint density at radius 3 is 1.57 bits per heavy atom. The number of rotatable bonds is 6. The quantitative estimate of drug-likeness (QED) is 0.211. The number of carbonyl (C=O) groups excluding carboxylic acids is 2. The van der Waals surface area contributed by atoms with Gasteiger partial charge in [0.05, 0.1) is 11.4 Å². The highest BCUT2D eigenvalue weighted by Crippen LogP contribution is 2.43. The summed E-state index contributed by atoms with van der Waals surface area (Å²) in [6.45, 7) is 3.98. The van der Waals surface area contributed by atoms with Crippen LogP contribution in [0.3, 0.4) is 0 Å². The van der Waals surface area contributed by atoms with E-state index in [1.807, 2.05) is 111 Å². The van der Waals surface area contributed by atoms with E-state index in [4.69, 9.17) is 0 Å². The number of carbonyl (C=O) groups is 2. The fourth-order valence-electron chi connectivity index (χ4n) is 4.34. The fraction of sp³-hybridized carbons (Fsp3) is 0.0625. The molecule has 0 fully saturated rings. The van der Waals surface area contributed by atoms with Crippen molar-refractivity contribution in [1.82, 2.24) is 4.98 Å². The monoisotopic (exact) mass is 455 g/mol. The van der Waals surface area contributed by atoms with Gasteiger partial charge in [0.1, 0.15) is 0 Å². The van der Waals surface area contributed by atoms with Gasteiger partial charge in [-0.3, -0.25) is 9.59 Å². The Morgan fingerprint density at radius 2 is 1.00 bits per heavy atom. The van der Waals surface area contributed by atoms with Crippen LogP contribution in [0.2, 0.25) is 0 Å². The fourth-order valence-corrected chi connectivity index (χ4v) is 4.34. The minimum Gasteiger partial charge on any atom is -0.351 e. The Hall–Kier alpha value is -4.50. The zero-order valence-corrected chi connectivity index (χ0v) is 19.7. The molecular weight excluding hydrogens is 430 g/mol. The lowest BCUT2D eigenvalue weighted by Crippen LogP contribution is -2.16. The minimum atomic E-state index is -0.552. The van der Waals surface area contributed by atoms with Crippen LogP contribution >= 0.6 is 0 Å². The molecule has 0 radical (unpaired) electrons. The lowest BCUT2D eigenvalue weighted by atomic mass is 9.91. The van der Waals surface area contributed by atoms with Crippen LogP contribution in [0.25, 0.3) is 33.5 Å². The summed E-state index contributed by atoms with van der Waals surface area (Å²) in [5, 5.41) is 0. The van der Waals surface area contributed by atoms with Crippen molar-refractivity contribution in [3.8, 4) is 33.5 Å². The molecule has 0 spiro atoms. The van der Waals surface area contributed by atoms with Crippen molar-refractivity contribution >= 4 is 11.6 Å². The summed E-state index contributed by atoms with van der Waals surface area (Å²) < 4.78 is 0. The Bertz CT molecular complexity index is 1490. The summed E-state index contributed by atoms with van der Waals surface area (Å²) in [5.74, 6) is -1.08. The molecule has 170 valence electrons. The van der Waals surface area contributed by atoms with E-state index in [2.05, 4.69) is 4.98 Å². The van der Waals surface area contributed by atoms with Crippen LogP contribution in [-0.2, 0) is 0 Å². The number of benzene rings is 4. The van der Waals surface area contributed by atoms with E-state index in [-0.39, 0.29) is 0 Å². The summed E-state index contributed by atoms with van der Waals surface area (Å²) in [5.41, 5.74) is 8.09. The number of aromatic nitrogens is 1. The molecule has 4 aromatic carbocycles. The average molecular weight is 456 g/mol. The molecule has 3 heteroatoms. The molecule has 5 aromatic rings. The van der Waals surface area contributed by atoms with Gasteiger partial charge < -0.3 is 4.98 Å². The van der Waals surface area contributed by atoms with Crippen molar-refractivity contribution in [2.24, 2.45) is 0 Å². The maximum atomic E-state index is 13.7. The van der Waals surface area contributed by atoms with Crippen LogP contribution in [0.5, 0.6) is 0 Å². The number of H-pyrrole nitrogens is 1. The SMILES string of the molecule is Cc1ccc(C(=O)C(=O)c2[nH]c(-c3ccccc3)c(-c3ccccc3)c2-c2ccc(C)cc2)cc1. The van der Waals surface area contributed by atoms with Crippen LogP contribution in [0.1, 0.15) is 32.0 Å². The highest BCUT2D eigenvalue weighted by molar-refractivity contribution is 6.50. The third-order valence-electron chi connectivity index (χ3n) is 6.21. The predicted octanol–water partition coefficient (Wildman–Crippen LogP) is 7.70. The lowest BCUT2D eigenvalue weighted by molar-refractivity contribution is 0.0815. The second-order valence-corrected chi connectivity index (χ2v) is 8.75. The number of aromatic amines is 1. The molecule has 3 nitrogen and oxygen atoms in total. The van der Waals surface area contributed by atoms with Gasteiger partial charge in [-0.1, -0.05) is 120 Å². The second kappa shape index (κ2) is 9.40. The van der Waals surface area contributed by atoms with Crippen LogP contribution in [0.4, 0.5) is 0 Å². The molecule has 1 heterocycles. The Labute approximate surface area is 205 Å². The van der Waals surface area contributed by atoms with Gasteiger partial charge in [0.2, 0.25) is 11.6 Å². The number of ketones is 2. The summed E-state index contributed by atoms with van der Waals surface area (Å²) >= 11 is 0. The van der Waals surface area contributed by atoms with Crippen LogP contribution in [0, 0.1) is 13.8 Å². The molecule has 0 aliphatic heterocycles. The van der Waals surface area contributed by atoms with E-state index in [0.29, 0.717) is 11.3 Å². The van der Waals surface area contributed by atoms with Crippen molar-refractivity contribution in [1.29, 1.82) is 0 Å². The van der Waals surface area contributed by atoms with Gasteiger partial charge >= 0.3 is 0 Å². The van der Waals surface area contributed by atoms with Crippen molar-refractivity contribution in [3.05, 3.63) is 132 Å². The number of hydrogen-bond acceptors (Lipinski definition) is 2. The maximum Gasteiger partial charge on any atom is 0.250 e. The predicted molar refractivity (Wildman–Crippen MR) is 142 cm³/mol. The number of aryl methyl sites for hydroxylation is 2. The number of Topliss-reactive ketones (excluding diaryl/α,β-unsaturated/α-hetero) is 2. The third kappa shape index (κ3) is 4.36. The number of hydrogen-bond donors (Lipinski definition) is 1. The smallest absolute Gasteiger partial charge is 0.250 e. The molecule has 0 amide bonds. The van der Waals surface area contributed by atoms with Gasteiger partial charge in [-0.15, -0.1) is 0 Å². The Kier molecular flexibility index (Phi) is 5.99. The molecule has 0 aliphatic rings. The Balaban J connectivity index is 1.78. The Morgan fingerprint density at radius 1 is 0.514 bits per heavy atom. The zero-order chi connectivity index (χ0) is 24.4. The summed E-state index contributed by atoms with van der Waals surface area (Å²) in [4.78, 5) is 30.4. The molecule has 0 atom stereocenters. The maximum absolute atomic E-state index is 13.7. The largest absolute Gasteiger partial charge is 0.351 e. The van der Waals surface area contributed by atoms with Crippen LogP contribution in [0.15, 0.2) is 109 Å². The van der Waals surface area contributed by atoms with Crippen molar-refractivity contribution < 1.29 is 9.59 Å². The van der Waals surface area contributed by atoms with Crippen LogP contribution in [-0.4, -0.2) is 16.6 Å². The molecule has 0 aliphatic carbocycles.